The van der Waals surface area contributed by atoms with Gasteiger partial charge in [-0.1, -0.05) is 18.9 Å². The maximum absolute atomic E-state index is 14.9. The number of halogens is 1. The number of rotatable bonds is 7. The Morgan fingerprint density at radius 1 is 1.24 bits per heavy atom. The number of ketones is 1. The molecule has 2 fully saturated rings. The number of carbonyl (C=O) groups is 2. The molecule has 2 aromatic heterocycles. The molecule has 192 valence electrons. The molecule has 1 saturated heterocycles. The van der Waals surface area contributed by atoms with Crippen molar-refractivity contribution in [2.24, 2.45) is 11.8 Å². The predicted octanol–water partition coefficient (Wildman–Crippen LogP) is 5.26. The summed E-state index contributed by atoms with van der Waals surface area (Å²) in [5, 5.41) is 0. The van der Waals surface area contributed by atoms with Gasteiger partial charge >= 0.3 is 5.97 Å². The lowest BCUT2D eigenvalue weighted by atomic mass is 9.73. The van der Waals surface area contributed by atoms with E-state index in [9.17, 15) is 14.0 Å². The van der Waals surface area contributed by atoms with Gasteiger partial charge in [0.1, 0.15) is 17.3 Å². The van der Waals surface area contributed by atoms with Crippen LogP contribution in [0.5, 0.6) is 0 Å². The van der Waals surface area contributed by atoms with Crippen molar-refractivity contribution in [1.29, 1.82) is 0 Å². The first kappa shape index (κ1) is 25.1. The molecule has 0 radical (unpaired) electrons. The smallest absolute Gasteiger partial charge is 0.317 e. The molecule has 8 heteroatoms. The number of ether oxygens (including phenoxy) is 1. The highest BCUT2D eigenvalue weighted by atomic mass is 19.1. The van der Waals surface area contributed by atoms with Gasteiger partial charge < -0.3 is 9.58 Å². The number of hydrogen-bond donors (Lipinski definition) is 0. The molecule has 3 aromatic rings. The van der Waals surface area contributed by atoms with Gasteiger partial charge in [-0.3, -0.25) is 14.0 Å². The van der Waals surface area contributed by atoms with Crippen LogP contribution >= 0.6 is 0 Å². The highest BCUT2D eigenvalue weighted by molar-refractivity contribution is 6.01. The number of hydrogen-bond acceptors (Lipinski definition) is 5. The van der Waals surface area contributed by atoms with E-state index in [4.69, 9.17) is 11.3 Å². The molecule has 37 heavy (non-hydrogen) atoms. The van der Waals surface area contributed by atoms with E-state index in [-0.39, 0.29) is 24.5 Å². The highest BCUT2D eigenvalue weighted by Gasteiger charge is 2.51. The fourth-order valence-corrected chi connectivity index (χ4v) is 5.94. The molecule has 0 spiro atoms. The van der Waals surface area contributed by atoms with Crippen molar-refractivity contribution in [2.75, 3.05) is 0 Å². The highest BCUT2D eigenvalue weighted by Crippen LogP contribution is 2.45. The third-order valence-electron chi connectivity index (χ3n) is 8.14. The summed E-state index contributed by atoms with van der Waals surface area (Å²) >= 11 is 0. The lowest BCUT2D eigenvalue weighted by Crippen LogP contribution is -2.52. The second-order valence-corrected chi connectivity index (χ2v) is 10.9. The summed E-state index contributed by atoms with van der Waals surface area (Å²) in [5.74, 6) is -1.24. The molecule has 1 saturated carbocycles. The Morgan fingerprint density at radius 2 is 2.03 bits per heavy atom. The van der Waals surface area contributed by atoms with Crippen LogP contribution in [0.3, 0.4) is 0 Å². The molecule has 2 unspecified atom stereocenters. The monoisotopic (exact) mass is 502 g/mol. The normalized spacial score (nSPS) is 22.8. The molecule has 3 heterocycles. The average molecular weight is 503 g/mol. The summed E-state index contributed by atoms with van der Waals surface area (Å²) in [5.41, 5.74) is 0.0623. The maximum atomic E-state index is 14.9. The maximum Gasteiger partial charge on any atom is 0.317 e. The topological polar surface area (TPSA) is 77.9 Å². The molecule has 0 bridgehead atoms. The number of nitrogens with zero attached hydrogens (tertiary/aromatic N) is 4. The summed E-state index contributed by atoms with van der Waals surface area (Å²) in [4.78, 5) is 38.8. The number of aromatic nitrogens is 3. The van der Waals surface area contributed by atoms with Crippen LogP contribution in [0, 0.1) is 24.2 Å². The van der Waals surface area contributed by atoms with Gasteiger partial charge in [-0.05, 0) is 55.4 Å². The average Bonchev–Trinajstić information content (AvgIpc) is 3.56. The molecular formula is C29H31FN4O3. The zero-order chi connectivity index (χ0) is 26.2. The Hall–Kier alpha value is -3.60. The summed E-state index contributed by atoms with van der Waals surface area (Å²) in [6.07, 6.45) is 10.4. The number of benzene rings is 1. The summed E-state index contributed by atoms with van der Waals surface area (Å²) in [6, 6.07) is 6.76. The van der Waals surface area contributed by atoms with Crippen molar-refractivity contribution in [3.63, 3.8) is 0 Å². The Bertz CT molecular complexity index is 1370. The minimum atomic E-state index is -0.940. The van der Waals surface area contributed by atoms with Gasteiger partial charge in [0.15, 0.2) is 5.78 Å². The second kappa shape index (κ2) is 9.70. The Morgan fingerprint density at radius 3 is 2.73 bits per heavy atom. The van der Waals surface area contributed by atoms with Gasteiger partial charge in [0.05, 0.1) is 11.8 Å². The first-order valence-electron chi connectivity index (χ1n) is 12.9. The number of fused-ring (bicyclic) bond motifs is 1. The van der Waals surface area contributed by atoms with Crippen molar-refractivity contribution in [1.82, 2.24) is 14.4 Å². The number of esters is 1. The van der Waals surface area contributed by atoms with Crippen LogP contribution in [0.2, 0.25) is 0 Å². The lowest BCUT2D eigenvalue weighted by Gasteiger charge is -2.43. The Balaban J connectivity index is 1.35. The van der Waals surface area contributed by atoms with Gasteiger partial charge in [0.25, 0.3) is 5.54 Å². The standard InChI is InChI=1S/C29H31FN4O3/c1-28(2,31-3)23-10-9-19(15-24(23)30)11-12-29(20-7-4-5-8-20)17-25(35)22(26(36)37-29)16-21-18-33-27-32-13-6-14-34(21)27/h6,9-10,13-15,18,20,22H,4-5,7-8,11-12,16-17H2,1-2H3. The van der Waals surface area contributed by atoms with Gasteiger partial charge in [-0.2, -0.15) is 0 Å². The number of cyclic esters (lactones) is 1. The first-order chi connectivity index (χ1) is 17.7. The molecule has 0 N–H and O–H groups in total. The third-order valence-corrected chi connectivity index (χ3v) is 8.14. The summed E-state index contributed by atoms with van der Waals surface area (Å²) in [7, 11) is 0. The van der Waals surface area contributed by atoms with Crippen LogP contribution < -0.4 is 0 Å². The van der Waals surface area contributed by atoms with Gasteiger partial charge in [-0.15, -0.1) is 0 Å². The first-order valence-corrected chi connectivity index (χ1v) is 12.9. The number of aryl methyl sites for hydroxylation is 1. The molecule has 1 aliphatic heterocycles. The van der Waals surface area contributed by atoms with Crippen molar-refractivity contribution in [3.8, 4) is 0 Å². The predicted molar refractivity (Wildman–Crippen MR) is 135 cm³/mol. The van der Waals surface area contributed by atoms with Gasteiger partial charge in [0.2, 0.25) is 5.78 Å². The molecule has 5 rings (SSSR count). The number of carbonyl (C=O) groups excluding carboxylic acids is 2. The van der Waals surface area contributed by atoms with E-state index in [0.29, 0.717) is 24.2 Å². The lowest BCUT2D eigenvalue weighted by molar-refractivity contribution is -0.185. The van der Waals surface area contributed by atoms with Crippen LogP contribution in [0.4, 0.5) is 4.39 Å². The molecular weight excluding hydrogens is 471 g/mol. The SMILES string of the molecule is [C-]#[N+]C(C)(C)c1ccc(CCC2(C3CCCC3)CC(=O)C(Cc3cnc4ncccn34)C(=O)O2)cc1F. The Kier molecular flexibility index (Phi) is 6.57. The van der Waals surface area contributed by atoms with Crippen molar-refractivity contribution >= 4 is 17.5 Å². The Labute approximate surface area is 215 Å². The molecule has 7 nitrogen and oxygen atoms in total. The van der Waals surface area contributed by atoms with Crippen molar-refractivity contribution in [2.45, 2.75) is 76.4 Å². The zero-order valence-electron chi connectivity index (χ0n) is 21.2. The number of Topliss-reactive ketones (excluding diaryl/α,β-unsaturated/α-hetero) is 1. The fourth-order valence-electron chi connectivity index (χ4n) is 5.94. The molecule has 1 aromatic carbocycles. The summed E-state index contributed by atoms with van der Waals surface area (Å²) in [6.45, 7) is 10.7. The zero-order valence-corrected chi connectivity index (χ0v) is 21.2. The molecule has 1 aliphatic carbocycles. The van der Waals surface area contributed by atoms with Crippen LogP contribution in [0.15, 0.2) is 42.9 Å². The van der Waals surface area contributed by atoms with Crippen LogP contribution in [0.1, 0.15) is 69.2 Å². The van der Waals surface area contributed by atoms with E-state index in [2.05, 4.69) is 14.8 Å². The minimum Gasteiger partial charge on any atom is -0.458 e. The van der Waals surface area contributed by atoms with Crippen molar-refractivity contribution < 1.29 is 18.7 Å². The molecule has 2 aliphatic rings. The largest absolute Gasteiger partial charge is 0.458 e. The quantitative estimate of drug-likeness (QED) is 0.250. The van der Waals surface area contributed by atoms with E-state index in [1.165, 1.54) is 6.07 Å². The summed E-state index contributed by atoms with van der Waals surface area (Å²) < 4.78 is 22.9. The van der Waals surface area contributed by atoms with Gasteiger partial charge in [0, 0.05) is 44.8 Å². The van der Waals surface area contributed by atoms with E-state index in [1.54, 1.807) is 42.8 Å². The van der Waals surface area contributed by atoms with Crippen LogP contribution in [-0.2, 0) is 32.7 Å². The van der Waals surface area contributed by atoms with Gasteiger partial charge in [-0.25, -0.2) is 20.9 Å². The van der Waals surface area contributed by atoms with E-state index < -0.39 is 28.8 Å². The van der Waals surface area contributed by atoms with Crippen molar-refractivity contribution in [3.05, 3.63) is 76.9 Å². The van der Waals surface area contributed by atoms with E-state index in [1.807, 2.05) is 12.3 Å². The van der Waals surface area contributed by atoms with Crippen LogP contribution in [-0.4, -0.2) is 31.7 Å². The fraction of sp³-hybridized carbons (Fsp3) is 0.483. The number of imidazole rings is 1. The molecule has 0 amide bonds. The van der Waals surface area contributed by atoms with Crippen LogP contribution in [0.25, 0.3) is 10.6 Å². The van der Waals surface area contributed by atoms with E-state index >= 15 is 0 Å². The minimum absolute atomic E-state index is 0.109. The second-order valence-electron chi connectivity index (χ2n) is 10.9. The van der Waals surface area contributed by atoms with E-state index in [0.717, 1.165) is 36.9 Å². The molecule has 2 atom stereocenters. The third kappa shape index (κ3) is 4.75.